The molecular formula is C14H24CaN4O8. The van der Waals surface area contributed by atoms with E-state index in [1.54, 1.807) is 0 Å². The molecule has 0 aromatic heterocycles. The van der Waals surface area contributed by atoms with Crippen molar-refractivity contribution in [1.82, 2.24) is 20.4 Å². The summed E-state index contributed by atoms with van der Waals surface area (Å²) < 4.78 is 0. The van der Waals surface area contributed by atoms with Crippen LogP contribution in [0.5, 0.6) is 0 Å². The number of hydrogen-bond donors (Lipinski definition) is 4. The van der Waals surface area contributed by atoms with E-state index in [0.717, 1.165) is 36.0 Å². The zero-order valence-corrected chi connectivity index (χ0v) is 17.2. The molecule has 4 N–H and O–H groups in total. The normalized spacial score (nSPS) is 13.3. The third kappa shape index (κ3) is 19.5. The van der Waals surface area contributed by atoms with Crippen LogP contribution in [0.4, 0.5) is 0 Å². The second kappa shape index (κ2) is 17.1. The molecule has 1 heterocycles. The first-order valence-corrected chi connectivity index (χ1v) is 7.90. The molecular weight excluding hydrogens is 392 g/mol. The minimum atomic E-state index is -1.49. The van der Waals surface area contributed by atoms with Crippen molar-refractivity contribution in [3.63, 3.8) is 0 Å². The maximum Gasteiger partial charge on any atom is 2.00 e. The first-order chi connectivity index (χ1) is 12.2. The minimum absolute atomic E-state index is 0. The molecule has 0 unspecified atom stereocenters. The largest absolute Gasteiger partial charge is 2.00 e. The molecule has 0 bridgehead atoms. The standard InChI is InChI=1S/C10H16N2O8.C4H10N2.Ca/c13-7(14)3-11(4-8(15)16)1-2-12(5-9(17)18)6-10(19)20;1-2-6-4-3-5-1;/h1-6H2,(H,13,14)(H,15,16)(H,17,18)(H,19,20);5-6H,1-4H2;/q;;+2/p-2. The number of hydrogen-bond acceptors (Lipinski definition) is 10. The Morgan fingerprint density at radius 3 is 1.19 bits per heavy atom. The molecule has 1 saturated heterocycles. The summed E-state index contributed by atoms with van der Waals surface area (Å²) in [5.74, 6) is -5.52. The summed E-state index contributed by atoms with van der Waals surface area (Å²) >= 11 is 0. The van der Waals surface area contributed by atoms with Crippen LogP contribution in [0.1, 0.15) is 0 Å². The average Bonchev–Trinajstić information content (AvgIpc) is 2.52. The van der Waals surface area contributed by atoms with Crippen LogP contribution in [0.15, 0.2) is 0 Å². The fourth-order valence-electron chi connectivity index (χ4n) is 2.06. The van der Waals surface area contributed by atoms with Gasteiger partial charge in [-0.1, -0.05) is 0 Å². The van der Waals surface area contributed by atoms with Gasteiger partial charge in [-0.05, 0) is 0 Å². The van der Waals surface area contributed by atoms with Crippen LogP contribution in [0.25, 0.3) is 0 Å². The number of nitrogens with one attached hydrogen (secondary N) is 2. The van der Waals surface area contributed by atoms with Crippen molar-refractivity contribution < 1.29 is 39.6 Å². The van der Waals surface area contributed by atoms with Gasteiger partial charge >= 0.3 is 49.7 Å². The number of rotatable bonds is 11. The van der Waals surface area contributed by atoms with Crippen molar-refractivity contribution in [2.75, 3.05) is 65.4 Å². The molecule has 13 heteroatoms. The predicted octanol–water partition coefficient (Wildman–Crippen LogP) is -5.94. The molecule has 0 spiro atoms. The number of carboxylic acid groups (broad SMARTS) is 4. The summed E-state index contributed by atoms with van der Waals surface area (Å²) in [6.07, 6.45) is 0. The summed E-state index contributed by atoms with van der Waals surface area (Å²) in [7, 11) is 0. The molecule has 1 rings (SSSR count). The van der Waals surface area contributed by atoms with E-state index in [-0.39, 0.29) is 50.8 Å². The van der Waals surface area contributed by atoms with Crippen molar-refractivity contribution in [3.05, 3.63) is 0 Å². The first kappa shape index (κ1) is 28.2. The topological polar surface area (TPSA) is 185 Å². The molecule has 1 fully saturated rings. The number of aliphatic carboxylic acids is 4. The van der Waals surface area contributed by atoms with Gasteiger partial charge in [0.05, 0.1) is 25.0 Å². The molecule has 0 amide bonds. The monoisotopic (exact) mass is 416 g/mol. The van der Waals surface area contributed by atoms with Gasteiger partial charge in [-0.15, -0.1) is 0 Å². The van der Waals surface area contributed by atoms with E-state index < -0.39 is 50.1 Å². The number of carbonyl (C=O) groups excluding carboxylic acids is 2. The van der Waals surface area contributed by atoms with E-state index in [2.05, 4.69) is 10.6 Å². The van der Waals surface area contributed by atoms with Crippen molar-refractivity contribution in [2.24, 2.45) is 0 Å². The summed E-state index contributed by atoms with van der Waals surface area (Å²) in [4.78, 5) is 43.9. The summed E-state index contributed by atoms with van der Waals surface area (Å²) in [6.45, 7) is 1.80. The SMILES string of the molecule is C1CNCCN1.O=C([O-])CN(CCN(CC(=O)[O-])CC(=O)O)CC(=O)O.[Ca+2]. The van der Waals surface area contributed by atoms with Crippen LogP contribution in [0, 0.1) is 0 Å². The van der Waals surface area contributed by atoms with Gasteiger partial charge in [-0.2, -0.15) is 0 Å². The average molecular weight is 416 g/mol. The minimum Gasteiger partial charge on any atom is -0.549 e. The number of carboxylic acids is 4. The summed E-state index contributed by atoms with van der Waals surface area (Å²) in [5.41, 5.74) is 0. The smallest absolute Gasteiger partial charge is 0.549 e. The number of piperazine rings is 1. The Balaban J connectivity index is 0. The third-order valence-electron chi connectivity index (χ3n) is 3.11. The van der Waals surface area contributed by atoms with Crippen molar-refractivity contribution in [2.45, 2.75) is 0 Å². The van der Waals surface area contributed by atoms with Crippen molar-refractivity contribution in [1.29, 1.82) is 0 Å². The van der Waals surface area contributed by atoms with Gasteiger partial charge in [0.15, 0.2) is 0 Å². The zero-order valence-electron chi connectivity index (χ0n) is 15.0. The Kier molecular flexibility index (Phi) is 17.9. The molecule has 150 valence electrons. The van der Waals surface area contributed by atoms with Crippen molar-refractivity contribution >= 4 is 61.6 Å². The zero-order chi connectivity index (χ0) is 19.9. The van der Waals surface area contributed by atoms with Crippen LogP contribution >= 0.6 is 0 Å². The summed E-state index contributed by atoms with van der Waals surface area (Å²) in [6, 6.07) is 0. The van der Waals surface area contributed by atoms with E-state index in [4.69, 9.17) is 10.2 Å². The second-order valence-electron chi connectivity index (χ2n) is 5.45. The molecule has 0 aromatic rings. The van der Waals surface area contributed by atoms with E-state index in [1.807, 2.05) is 0 Å². The first-order valence-electron chi connectivity index (χ1n) is 7.90. The van der Waals surface area contributed by atoms with Gasteiger partial charge in [0, 0.05) is 52.4 Å². The van der Waals surface area contributed by atoms with Gasteiger partial charge in [0.1, 0.15) is 0 Å². The van der Waals surface area contributed by atoms with Crippen LogP contribution in [0.2, 0.25) is 0 Å². The van der Waals surface area contributed by atoms with Gasteiger partial charge in [-0.25, -0.2) is 0 Å². The van der Waals surface area contributed by atoms with Crippen LogP contribution in [-0.4, -0.2) is 147 Å². The fraction of sp³-hybridized carbons (Fsp3) is 0.714. The molecule has 0 aliphatic carbocycles. The van der Waals surface area contributed by atoms with Crippen LogP contribution < -0.4 is 20.8 Å². The van der Waals surface area contributed by atoms with E-state index in [9.17, 15) is 29.4 Å². The van der Waals surface area contributed by atoms with E-state index in [0.29, 0.717) is 0 Å². The molecule has 12 nitrogen and oxygen atoms in total. The maximum atomic E-state index is 10.5. The Morgan fingerprint density at radius 2 is 1.00 bits per heavy atom. The second-order valence-corrected chi connectivity index (χ2v) is 5.45. The molecule has 0 saturated carbocycles. The molecule has 1 aliphatic heterocycles. The Bertz CT molecular complexity index is 397. The molecule has 0 atom stereocenters. The molecule has 1 aliphatic rings. The van der Waals surface area contributed by atoms with Crippen LogP contribution in [-0.2, 0) is 19.2 Å². The Labute approximate surface area is 186 Å². The van der Waals surface area contributed by atoms with Crippen molar-refractivity contribution in [3.8, 4) is 0 Å². The molecule has 0 aromatic carbocycles. The van der Waals surface area contributed by atoms with Gasteiger partial charge < -0.3 is 40.6 Å². The van der Waals surface area contributed by atoms with Gasteiger partial charge in [-0.3, -0.25) is 19.4 Å². The Morgan fingerprint density at radius 1 is 0.704 bits per heavy atom. The molecule has 27 heavy (non-hydrogen) atoms. The third-order valence-corrected chi connectivity index (χ3v) is 3.11. The quantitative estimate of drug-likeness (QED) is 0.234. The van der Waals surface area contributed by atoms with E-state index >= 15 is 0 Å². The maximum absolute atomic E-state index is 10.5. The predicted molar refractivity (Wildman–Crippen MR) is 89.7 cm³/mol. The van der Waals surface area contributed by atoms with Gasteiger partial charge in [0.2, 0.25) is 0 Å². The number of nitrogens with zero attached hydrogens (tertiary/aromatic N) is 2. The van der Waals surface area contributed by atoms with Gasteiger partial charge in [0.25, 0.3) is 0 Å². The Hall–Kier alpha value is -1.02. The van der Waals surface area contributed by atoms with E-state index in [1.165, 1.54) is 0 Å². The van der Waals surface area contributed by atoms with Crippen LogP contribution in [0.3, 0.4) is 0 Å². The fourth-order valence-corrected chi connectivity index (χ4v) is 2.06. The molecule has 0 radical (unpaired) electrons. The number of carbonyl (C=O) groups is 4. The summed E-state index contributed by atoms with van der Waals surface area (Å²) in [5, 5.41) is 44.5.